The molecule has 2 rings (SSSR count). The number of ether oxygens (including phenoxy) is 2. The summed E-state index contributed by atoms with van der Waals surface area (Å²) in [5.41, 5.74) is 1.80. The molecule has 1 fully saturated rings. The second-order valence-corrected chi connectivity index (χ2v) is 4.63. The monoisotopic (exact) mass is 264 g/mol. The number of morpholine rings is 1. The van der Waals surface area contributed by atoms with Crippen molar-refractivity contribution in [1.29, 1.82) is 0 Å². The van der Waals surface area contributed by atoms with Gasteiger partial charge in [-0.25, -0.2) is 0 Å². The van der Waals surface area contributed by atoms with Crippen LogP contribution in [0, 0.1) is 6.92 Å². The van der Waals surface area contributed by atoms with Crippen LogP contribution >= 0.6 is 0 Å². The van der Waals surface area contributed by atoms with Crippen molar-refractivity contribution in [3.63, 3.8) is 0 Å². The van der Waals surface area contributed by atoms with Gasteiger partial charge in [0.25, 0.3) is 0 Å². The first-order chi connectivity index (χ1) is 9.19. The van der Waals surface area contributed by atoms with E-state index in [1.54, 1.807) is 7.11 Å². The SMILES string of the molecule is COc1ccc(NC(=O)CC2CNCCO2)c(C)c1. The molecule has 0 spiro atoms. The van der Waals surface area contributed by atoms with Gasteiger partial charge in [-0.3, -0.25) is 4.79 Å². The van der Waals surface area contributed by atoms with Crippen molar-refractivity contribution in [2.45, 2.75) is 19.4 Å². The van der Waals surface area contributed by atoms with Gasteiger partial charge < -0.3 is 20.1 Å². The first kappa shape index (κ1) is 13.8. The van der Waals surface area contributed by atoms with Gasteiger partial charge in [-0.2, -0.15) is 0 Å². The molecule has 0 radical (unpaired) electrons. The molecule has 0 aliphatic carbocycles. The van der Waals surface area contributed by atoms with Gasteiger partial charge in [0, 0.05) is 18.8 Å². The van der Waals surface area contributed by atoms with Crippen LogP contribution in [-0.4, -0.2) is 38.8 Å². The number of amides is 1. The second-order valence-electron chi connectivity index (χ2n) is 4.63. The van der Waals surface area contributed by atoms with Crippen molar-refractivity contribution in [3.05, 3.63) is 23.8 Å². The van der Waals surface area contributed by atoms with E-state index in [-0.39, 0.29) is 12.0 Å². The highest BCUT2D eigenvalue weighted by atomic mass is 16.5. The third kappa shape index (κ3) is 3.94. The number of rotatable bonds is 4. The Bertz CT molecular complexity index is 442. The average molecular weight is 264 g/mol. The molecule has 19 heavy (non-hydrogen) atoms. The Balaban J connectivity index is 1.91. The number of aryl methyl sites for hydroxylation is 1. The Labute approximate surface area is 113 Å². The van der Waals surface area contributed by atoms with Gasteiger partial charge in [0.05, 0.1) is 26.2 Å². The summed E-state index contributed by atoms with van der Waals surface area (Å²) >= 11 is 0. The van der Waals surface area contributed by atoms with Gasteiger partial charge >= 0.3 is 0 Å². The summed E-state index contributed by atoms with van der Waals surface area (Å²) in [6.07, 6.45) is 0.339. The van der Waals surface area contributed by atoms with Gasteiger partial charge in [0.1, 0.15) is 5.75 Å². The molecule has 1 amide bonds. The maximum atomic E-state index is 11.9. The number of nitrogens with one attached hydrogen (secondary N) is 2. The summed E-state index contributed by atoms with van der Waals surface area (Å²) in [7, 11) is 1.63. The van der Waals surface area contributed by atoms with Crippen molar-refractivity contribution in [2.24, 2.45) is 0 Å². The van der Waals surface area contributed by atoms with Crippen LogP contribution in [0.2, 0.25) is 0 Å². The zero-order chi connectivity index (χ0) is 13.7. The summed E-state index contributed by atoms with van der Waals surface area (Å²) in [4.78, 5) is 11.9. The molecular formula is C14H20N2O3. The van der Waals surface area contributed by atoms with E-state index in [0.717, 1.165) is 30.1 Å². The van der Waals surface area contributed by atoms with E-state index in [1.807, 2.05) is 25.1 Å². The fraction of sp³-hybridized carbons (Fsp3) is 0.500. The molecule has 5 nitrogen and oxygen atoms in total. The maximum Gasteiger partial charge on any atom is 0.227 e. The van der Waals surface area contributed by atoms with Crippen LogP contribution in [0.5, 0.6) is 5.75 Å². The van der Waals surface area contributed by atoms with Gasteiger partial charge in [0.15, 0.2) is 0 Å². The molecule has 1 aromatic rings. The average Bonchev–Trinajstić information content (AvgIpc) is 2.42. The van der Waals surface area contributed by atoms with Crippen molar-refractivity contribution in [2.75, 3.05) is 32.1 Å². The number of methoxy groups -OCH3 is 1. The van der Waals surface area contributed by atoms with Gasteiger partial charge in [-0.05, 0) is 30.7 Å². The number of carbonyl (C=O) groups is 1. The summed E-state index contributed by atoms with van der Waals surface area (Å²) < 4.78 is 10.6. The molecule has 0 saturated carbocycles. The Morgan fingerprint density at radius 3 is 3.05 bits per heavy atom. The topological polar surface area (TPSA) is 59.6 Å². The van der Waals surface area contributed by atoms with Gasteiger partial charge in [-0.15, -0.1) is 0 Å². The van der Waals surface area contributed by atoms with E-state index in [4.69, 9.17) is 9.47 Å². The van der Waals surface area contributed by atoms with Crippen molar-refractivity contribution in [3.8, 4) is 5.75 Å². The standard InChI is InChI=1S/C14H20N2O3/c1-10-7-11(18-2)3-4-13(10)16-14(17)8-12-9-15-5-6-19-12/h3-4,7,12,15H,5-6,8-9H2,1-2H3,(H,16,17). The summed E-state index contributed by atoms with van der Waals surface area (Å²) in [6.45, 7) is 4.20. The van der Waals surface area contributed by atoms with Crippen LogP contribution in [0.3, 0.4) is 0 Å². The predicted molar refractivity (Wildman–Crippen MR) is 73.6 cm³/mol. The minimum Gasteiger partial charge on any atom is -0.497 e. The Morgan fingerprint density at radius 1 is 1.58 bits per heavy atom. The molecule has 5 heteroatoms. The van der Waals surface area contributed by atoms with Crippen LogP contribution in [-0.2, 0) is 9.53 Å². The van der Waals surface area contributed by atoms with Crippen molar-refractivity contribution in [1.82, 2.24) is 5.32 Å². The van der Waals surface area contributed by atoms with Gasteiger partial charge in [0.2, 0.25) is 5.91 Å². The maximum absolute atomic E-state index is 11.9. The highest BCUT2D eigenvalue weighted by molar-refractivity contribution is 5.91. The number of hydrogen-bond donors (Lipinski definition) is 2. The minimum atomic E-state index is -0.0349. The molecule has 1 aliphatic rings. The predicted octanol–water partition coefficient (Wildman–Crippen LogP) is 1.32. The second kappa shape index (κ2) is 6.54. The fourth-order valence-electron chi connectivity index (χ4n) is 2.06. The molecule has 2 N–H and O–H groups in total. The zero-order valence-electron chi connectivity index (χ0n) is 11.4. The lowest BCUT2D eigenvalue weighted by atomic mass is 10.1. The Kier molecular flexibility index (Phi) is 4.76. The van der Waals surface area contributed by atoms with Crippen molar-refractivity contribution < 1.29 is 14.3 Å². The number of benzene rings is 1. The van der Waals surface area contributed by atoms with Crippen LogP contribution in [0.15, 0.2) is 18.2 Å². The highest BCUT2D eigenvalue weighted by Crippen LogP contribution is 2.21. The van der Waals surface area contributed by atoms with Gasteiger partial charge in [-0.1, -0.05) is 0 Å². The zero-order valence-corrected chi connectivity index (χ0v) is 11.4. The first-order valence-corrected chi connectivity index (χ1v) is 6.46. The molecule has 1 aliphatic heterocycles. The lowest BCUT2D eigenvalue weighted by molar-refractivity contribution is -0.119. The third-order valence-electron chi connectivity index (χ3n) is 3.13. The quantitative estimate of drug-likeness (QED) is 0.861. The molecule has 0 aromatic heterocycles. The minimum absolute atomic E-state index is 0.0260. The molecule has 0 bridgehead atoms. The Hall–Kier alpha value is -1.59. The van der Waals surface area contributed by atoms with E-state index < -0.39 is 0 Å². The summed E-state index contributed by atoms with van der Waals surface area (Å²) in [5.74, 6) is 0.761. The van der Waals surface area contributed by atoms with E-state index in [2.05, 4.69) is 10.6 Å². The smallest absolute Gasteiger partial charge is 0.227 e. The molecule has 104 valence electrons. The first-order valence-electron chi connectivity index (χ1n) is 6.46. The summed E-state index contributed by atoms with van der Waals surface area (Å²) in [5, 5.41) is 6.12. The molecule has 1 saturated heterocycles. The third-order valence-corrected chi connectivity index (χ3v) is 3.13. The van der Waals surface area contributed by atoms with E-state index in [0.29, 0.717) is 13.0 Å². The number of carbonyl (C=O) groups excluding carboxylic acids is 1. The fourth-order valence-corrected chi connectivity index (χ4v) is 2.06. The van der Waals surface area contributed by atoms with Crippen LogP contribution in [0.25, 0.3) is 0 Å². The molecule has 1 aromatic carbocycles. The summed E-state index contributed by atoms with van der Waals surface area (Å²) in [6, 6.07) is 5.58. The molecule has 1 atom stereocenters. The number of hydrogen-bond acceptors (Lipinski definition) is 4. The lowest BCUT2D eigenvalue weighted by Crippen LogP contribution is -2.40. The molecule has 1 heterocycles. The van der Waals surface area contributed by atoms with E-state index in [9.17, 15) is 4.79 Å². The lowest BCUT2D eigenvalue weighted by Gasteiger charge is -2.23. The van der Waals surface area contributed by atoms with E-state index in [1.165, 1.54) is 0 Å². The molecule has 1 unspecified atom stereocenters. The largest absolute Gasteiger partial charge is 0.497 e. The van der Waals surface area contributed by atoms with Crippen LogP contribution in [0.1, 0.15) is 12.0 Å². The molecular weight excluding hydrogens is 244 g/mol. The van der Waals surface area contributed by atoms with E-state index >= 15 is 0 Å². The Morgan fingerprint density at radius 2 is 2.42 bits per heavy atom. The normalized spacial score (nSPS) is 18.9. The highest BCUT2D eigenvalue weighted by Gasteiger charge is 2.17. The van der Waals surface area contributed by atoms with Crippen molar-refractivity contribution >= 4 is 11.6 Å². The van der Waals surface area contributed by atoms with Crippen LogP contribution < -0.4 is 15.4 Å². The number of anilines is 1. The van der Waals surface area contributed by atoms with Crippen LogP contribution in [0.4, 0.5) is 5.69 Å².